The van der Waals surface area contributed by atoms with Gasteiger partial charge in [0.2, 0.25) is 6.23 Å². The second kappa shape index (κ2) is 4.20. The number of nitrogens with one attached hydrogen (secondary N) is 1. The highest BCUT2D eigenvalue weighted by Crippen LogP contribution is 2.45. The highest BCUT2D eigenvalue weighted by Gasteiger charge is 2.65. The Morgan fingerprint density at radius 2 is 2.16 bits per heavy atom. The maximum absolute atomic E-state index is 13.8. The van der Waals surface area contributed by atoms with Crippen LogP contribution in [-0.4, -0.2) is 44.1 Å². The number of H-pyrrole nitrogens is 1. The molecule has 8 nitrogen and oxygen atoms in total. The molecular weight excluding hydrogens is 268 g/mol. The van der Waals surface area contributed by atoms with Crippen LogP contribution in [0.4, 0.5) is 8.78 Å². The lowest BCUT2D eigenvalue weighted by Crippen LogP contribution is -2.55. The first-order valence-corrected chi connectivity index (χ1v) is 5.17. The zero-order valence-corrected chi connectivity index (χ0v) is 9.42. The molecule has 0 bridgehead atoms. The third-order valence-electron chi connectivity index (χ3n) is 2.84. The van der Waals surface area contributed by atoms with Gasteiger partial charge in [-0.3, -0.25) is 20.1 Å². The predicted octanol–water partition coefficient (Wildman–Crippen LogP) is -2.29. The van der Waals surface area contributed by atoms with Gasteiger partial charge in [0, 0.05) is 12.3 Å². The minimum atomic E-state index is -3.92. The molecule has 0 saturated carbocycles. The lowest BCUT2D eigenvalue weighted by atomic mass is 10.1. The molecule has 5 N–H and O–H groups in total. The average Bonchev–Trinajstić information content (AvgIpc) is 2.51. The number of nitrogens with zero attached hydrogens (tertiary/aromatic N) is 1. The van der Waals surface area contributed by atoms with Crippen LogP contribution in [0.1, 0.15) is 6.23 Å². The van der Waals surface area contributed by atoms with Crippen molar-refractivity contribution in [1.82, 2.24) is 9.55 Å². The molecule has 0 unspecified atom stereocenters. The van der Waals surface area contributed by atoms with Crippen molar-refractivity contribution < 1.29 is 23.7 Å². The van der Waals surface area contributed by atoms with Crippen molar-refractivity contribution in [1.29, 1.82) is 0 Å². The number of hydrogen-bond donors (Lipinski definition) is 4. The molecule has 19 heavy (non-hydrogen) atoms. The van der Waals surface area contributed by atoms with Crippen molar-refractivity contribution in [2.75, 3.05) is 6.61 Å². The van der Waals surface area contributed by atoms with Crippen molar-refractivity contribution in [2.24, 2.45) is 5.73 Å². The summed E-state index contributed by atoms with van der Waals surface area (Å²) in [5.41, 5.74) is 0.976. The molecule has 0 amide bonds. The Hall–Kier alpha value is -1.62. The first-order chi connectivity index (χ1) is 8.72. The number of rotatable bonds is 2. The molecule has 0 aromatic carbocycles. The SMILES string of the molecule is N[C@]1(CO)O[C@@H](n2ccc(=O)[nH]c2=O)C(F)(F)[C@@H]1O. The van der Waals surface area contributed by atoms with E-state index in [2.05, 4.69) is 0 Å². The van der Waals surface area contributed by atoms with E-state index in [-0.39, 0.29) is 0 Å². The van der Waals surface area contributed by atoms with Gasteiger partial charge in [-0.25, -0.2) is 4.79 Å². The summed E-state index contributed by atoms with van der Waals surface area (Å²) < 4.78 is 32.8. The van der Waals surface area contributed by atoms with Gasteiger partial charge in [-0.05, 0) is 0 Å². The van der Waals surface area contributed by atoms with Gasteiger partial charge in [0.15, 0.2) is 11.8 Å². The number of halogens is 2. The normalized spacial score (nSPS) is 33.5. The lowest BCUT2D eigenvalue weighted by Gasteiger charge is -2.24. The van der Waals surface area contributed by atoms with Gasteiger partial charge < -0.3 is 14.9 Å². The van der Waals surface area contributed by atoms with E-state index < -0.39 is 41.8 Å². The van der Waals surface area contributed by atoms with Gasteiger partial charge in [-0.15, -0.1) is 0 Å². The quantitative estimate of drug-likeness (QED) is 0.482. The predicted molar refractivity (Wildman–Crippen MR) is 56.4 cm³/mol. The first-order valence-electron chi connectivity index (χ1n) is 5.17. The fraction of sp³-hybridized carbons (Fsp3) is 0.556. The van der Waals surface area contributed by atoms with Gasteiger partial charge in [-0.2, -0.15) is 8.78 Å². The summed E-state index contributed by atoms with van der Waals surface area (Å²) in [6, 6.07) is 0.836. The summed E-state index contributed by atoms with van der Waals surface area (Å²) in [7, 11) is 0. The molecule has 2 rings (SSSR count). The topological polar surface area (TPSA) is 131 Å². The molecule has 1 fully saturated rings. The van der Waals surface area contributed by atoms with Gasteiger partial charge in [0.05, 0.1) is 6.61 Å². The number of alkyl halides is 2. The van der Waals surface area contributed by atoms with Crippen LogP contribution in [0.3, 0.4) is 0 Å². The average molecular weight is 279 g/mol. The van der Waals surface area contributed by atoms with Crippen molar-refractivity contribution in [3.63, 3.8) is 0 Å². The number of nitrogens with two attached hydrogens (primary N) is 1. The van der Waals surface area contributed by atoms with Crippen LogP contribution in [-0.2, 0) is 4.74 Å². The molecule has 1 aromatic heterocycles. The maximum atomic E-state index is 13.8. The minimum Gasteiger partial charge on any atom is -0.392 e. The molecule has 0 spiro atoms. The number of aromatic amines is 1. The molecule has 106 valence electrons. The fourth-order valence-electron chi connectivity index (χ4n) is 1.79. The van der Waals surface area contributed by atoms with E-state index in [1.54, 1.807) is 4.98 Å². The van der Waals surface area contributed by atoms with Crippen LogP contribution in [0.5, 0.6) is 0 Å². The summed E-state index contributed by atoms with van der Waals surface area (Å²) in [6.07, 6.45) is -3.95. The van der Waals surface area contributed by atoms with E-state index in [1.165, 1.54) is 0 Å². The number of aromatic nitrogens is 2. The molecule has 1 aliphatic rings. The van der Waals surface area contributed by atoms with Gasteiger partial charge >= 0.3 is 11.6 Å². The van der Waals surface area contributed by atoms with Crippen LogP contribution >= 0.6 is 0 Å². The largest absolute Gasteiger partial charge is 0.392 e. The molecule has 1 aromatic rings. The van der Waals surface area contributed by atoms with Crippen LogP contribution in [0.2, 0.25) is 0 Å². The van der Waals surface area contributed by atoms with Crippen LogP contribution in [0.25, 0.3) is 0 Å². The van der Waals surface area contributed by atoms with Crippen LogP contribution in [0.15, 0.2) is 21.9 Å². The minimum absolute atomic E-state index is 0.384. The maximum Gasteiger partial charge on any atom is 0.330 e. The summed E-state index contributed by atoms with van der Waals surface area (Å²) in [4.78, 5) is 24.1. The Balaban J connectivity index is 2.51. The molecule has 0 radical (unpaired) electrons. The molecule has 2 heterocycles. The van der Waals surface area contributed by atoms with Gasteiger partial charge in [0.25, 0.3) is 5.56 Å². The molecule has 0 aliphatic carbocycles. The Morgan fingerprint density at radius 3 is 2.63 bits per heavy atom. The molecule has 10 heteroatoms. The Morgan fingerprint density at radius 1 is 1.53 bits per heavy atom. The number of aliphatic hydroxyl groups is 2. The number of ether oxygens (including phenoxy) is 1. The standard InChI is InChI=1S/C9H11F2N3O5/c10-9(11)5(17)8(12,3-15)19-6(9)14-2-1-4(16)13-7(14)18/h1-2,5-6,15,17H,3,12H2,(H,13,16,18)/t5-,6-,8-/m1/s1. The lowest BCUT2D eigenvalue weighted by molar-refractivity contribution is -0.144. The van der Waals surface area contributed by atoms with E-state index in [0.717, 1.165) is 12.3 Å². The smallest absolute Gasteiger partial charge is 0.330 e. The van der Waals surface area contributed by atoms with Gasteiger partial charge in [-0.1, -0.05) is 0 Å². The monoisotopic (exact) mass is 279 g/mol. The Bertz CT molecular complexity index is 600. The third-order valence-corrected chi connectivity index (χ3v) is 2.84. The second-order valence-corrected chi connectivity index (χ2v) is 4.18. The van der Waals surface area contributed by atoms with Crippen molar-refractivity contribution >= 4 is 0 Å². The third kappa shape index (κ3) is 1.98. The zero-order valence-electron chi connectivity index (χ0n) is 9.42. The highest BCUT2D eigenvalue weighted by atomic mass is 19.3. The first kappa shape index (κ1) is 13.8. The summed E-state index contributed by atoms with van der Waals surface area (Å²) in [6.45, 7) is -1.07. The summed E-state index contributed by atoms with van der Waals surface area (Å²) in [5, 5.41) is 18.3. The van der Waals surface area contributed by atoms with Crippen LogP contribution in [0, 0.1) is 0 Å². The number of aliphatic hydroxyl groups excluding tert-OH is 2. The van der Waals surface area contributed by atoms with E-state index in [1.807, 2.05) is 0 Å². The van der Waals surface area contributed by atoms with E-state index in [0.29, 0.717) is 4.57 Å². The summed E-state index contributed by atoms with van der Waals surface area (Å²) >= 11 is 0. The summed E-state index contributed by atoms with van der Waals surface area (Å²) in [5.74, 6) is -3.92. The Kier molecular flexibility index (Phi) is 3.05. The number of hydrogen-bond acceptors (Lipinski definition) is 6. The Labute approximate surface area is 104 Å². The second-order valence-electron chi connectivity index (χ2n) is 4.18. The van der Waals surface area contributed by atoms with Crippen molar-refractivity contribution in [3.8, 4) is 0 Å². The molecule has 3 atom stereocenters. The van der Waals surface area contributed by atoms with Crippen molar-refractivity contribution in [3.05, 3.63) is 33.1 Å². The van der Waals surface area contributed by atoms with E-state index >= 15 is 0 Å². The highest BCUT2D eigenvalue weighted by molar-refractivity contribution is 5.03. The molecular formula is C9H11F2N3O5. The molecule has 1 saturated heterocycles. The van der Waals surface area contributed by atoms with Crippen LogP contribution < -0.4 is 17.0 Å². The van der Waals surface area contributed by atoms with Gasteiger partial charge in [0.1, 0.15) is 0 Å². The zero-order chi connectivity index (χ0) is 14.4. The molecule has 1 aliphatic heterocycles. The fourth-order valence-corrected chi connectivity index (χ4v) is 1.79. The van der Waals surface area contributed by atoms with Crippen molar-refractivity contribution in [2.45, 2.75) is 24.0 Å². The van der Waals surface area contributed by atoms with E-state index in [4.69, 9.17) is 15.6 Å². The van der Waals surface area contributed by atoms with E-state index in [9.17, 15) is 23.5 Å².